The molecule has 0 unspecified atom stereocenters. The van der Waals surface area contributed by atoms with Gasteiger partial charge in [0.05, 0.1) is 19.2 Å². The van der Waals surface area contributed by atoms with E-state index in [0.717, 1.165) is 72.9 Å². The molecule has 1 spiro atoms. The fraction of sp³-hybridized carbons (Fsp3) is 0.455. The summed E-state index contributed by atoms with van der Waals surface area (Å²) >= 11 is 0. The molecule has 0 amide bonds. The summed E-state index contributed by atoms with van der Waals surface area (Å²) in [4.78, 5) is 15.8. The Hall–Kier alpha value is -3.41. The predicted molar refractivity (Wildman–Crippen MR) is 148 cm³/mol. The number of aliphatic carboxylic acids is 1. The van der Waals surface area contributed by atoms with Gasteiger partial charge in [-0.1, -0.05) is 44.5 Å². The number of carboxylic acids is 1. The number of hydrogen-bond donors (Lipinski definition) is 1. The highest BCUT2D eigenvalue weighted by molar-refractivity contribution is 5.78. The van der Waals surface area contributed by atoms with E-state index in [1.165, 1.54) is 11.8 Å². The standard InChI is InChI=1S/C33H36FNO4/c1-32(2)12-5-7-26(32)24-14-20(8-11-23(24)25-16-30(38-3)35-18-29(25)34)19-39-22-10-9-21-6-4-13-33(27(21)15-22)17-28(33)31(36)37/h8-11,14-16,18,26,28H,4-7,12-13,17,19H2,1-3H3,(H,36,37)/t26-,28-,33-/m0/s1. The van der Waals surface area contributed by atoms with Crippen LogP contribution in [0.25, 0.3) is 11.1 Å². The van der Waals surface area contributed by atoms with E-state index in [1.54, 1.807) is 13.2 Å². The Morgan fingerprint density at radius 3 is 2.67 bits per heavy atom. The van der Waals surface area contributed by atoms with Crippen LogP contribution in [0.15, 0.2) is 48.7 Å². The van der Waals surface area contributed by atoms with E-state index in [9.17, 15) is 9.90 Å². The number of hydrogen-bond acceptors (Lipinski definition) is 4. The number of rotatable bonds is 7. The van der Waals surface area contributed by atoms with Crippen molar-refractivity contribution in [1.82, 2.24) is 4.98 Å². The van der Waals surface area contributed by atoms with Gasteiger partial charge in [-0.3, -0.25) is 4.79 Å². The number of aromatic nitrogens is 1. The summed E-state index contributed by atoms with van der Waals surface area (Å²) < 4.78 is 26.6. The Kier molecular flexibility index (Phi) is 6.40. The first-order valence-corrected chi connectivity index (χ1v) is 14.0. The van der Waals surface area contributed by atoms with Crippen LogP contribution >= 0.6 is 0 Å². The van der Waals surface area contributed by atoms with Gasteiger partial charge in [0, 0.05) is 17.0 Å². The Morgan fingerprint density at radius 1 is 1.10 bits per heavy atom. The molecule has 39 heavy (non-hydrogen) atoms. The Labute approximate surface area is 229 Å². The zero-order chi connectivity index (χ0) is 27.4. The van der Waals surface area contributed by atoms with E-state index in [1.807, 2.05) is 18.2 Å². The van der Waals surface area contributed by atoms with E-state index in [0.29, 0.717) is 24.0 Å². The van der Waals surface area contributed by atoms with Crippen molar-refractivity contribution in [3.8, 4) is 22.8 Å². The first-order chi connectivity index (χ1) is 18.7. The van der Waals surface area contributed by atoms with E-state index in [2.05, 4.69) is 37.0 Å². The summed E-state index contributed by atoms with van der Waals surface area (Å²) in [6.07, 6.45) is 8.24. The fourth-order valence-electron chi connectivity index (χ4n) is 7.30. The smallest absolute Gasteiger partial charge is 0.307 e. The number of fused-ring (bicyclic) bond motifs is 2. The molecule has 2 saturated carbocycles. The van der Waals surface area contributed by atoms with Crippen molar-refractivity contribution in [2.75, 3.05) is 7.11 Å². The Morgan fingerprint density at radius 2 is 1.95 bits per heavy atom. The summed E-state index contributed by atoms with van der Waals surface area (Å²) in [6, 6.07) is 14.1. The van der Waals surface area contributed by atoms with Crippen molar-refractivity contribution in [3.63, 3.8) is 0 Å². The van der Waals surface area contributed by atoms with Crippen LogP contribution in [0.4, 0.5) is 4.39 Å². The van der Waals surface area contributed by atoms with E-state index < -0.39 is 5.97 Å². The van der Waals surface area contributed by atoms with Gasteiger partial charge in [0.25, 0.3) is 0 Å². The lowest BCUT2D eigenvalue weighted by molar-refractivity contribution is -0.139. The molecule has 2 fully saturated rings. The summed E-state index contributed by atoms with van der Waals surface area (Å²) in [5.41, 5.74) is 5.84. The van der Waals surface area contributed by atoms with Crippen LogP contribution in [-0.4, -0.2) is 23.2 Å². The van der Waals surface area contributed by atoms with Gasteiger partial charge in [0.2, 0.25) is 5.88 Å². The first kappa shape index (κ1) is 25.8. The summed E-state index contributed by atoms with van der Waals surface area (Å²) in [6.45, 7) is 4.98. The summed E-state index contributed by atoms with van der Waals surface area (Å²) in [5, 5.41) is 9.66. The number of methoxy groups -OCH3 is 1. The molecule has 0 saturated heterocycles. The molecule has 1 heterocycles. The lowest BCUT2D eigenvalue weighted by Gasteiger charge is -2.30. The van der Waals surface area contributed by atoms with Crippen molar-refractivity contribution in [1.29, 1.82) is 0 Å². The number of benzene rings is 2. The van der Waals surface area contributed by atoms with Gasteiger partial charge in [-0.25, -0.2) is 9.37 Å². The molecule has 2 aromatic carbocycles. The Balaban J connectivity index is 1.31. The molecule has 0 aliphatic heterocycles. The molecule has 5 nitrogen and oxygen atoms in total. The van der Waals surface area contributed by atoms with Crippen molar-refractivity contribution in [2.24, 2.45) is 11.3 Å². The van der Waals surface area contributed by atoms with Gasteiger partial charge < -0.3 is 14.6 Å². The molecular weight excluding hydrogens is 493 g/mol. The van der Waals surface area contributed by atoms with Crippen LogP contribution in [0.5, 0.6) is 11.6 Å². The topological polar surface area (TPSA) is 68.7 Å². The van der Waals surface area contributed by atoms with E-state index in [-0.39, 0.29) is 22.6 Å². The minimum atomic E-state index is -0.695. The molecule has 1 N–H and O–H groups in total. The fourth-order valence-corrected chi connectivity index (χ4v) is 7.30. The van der Waals surface area contributed by atoms with E-state index >= 15 is 4.39 Å². The van der Waals surface area contributed by atoms with Gasteiger partial charge >= 0.3 is 5.97 Å². The highest BCUT2D eigenvalue weighted by Crippen LogP contribution is 2.61. The molecule has 3 aliphatic carbocycles. The second-order valence-electron chi connectivity index (χ2n) is 12.3. The number of halogens is 1. The SMILES string of the molecule is COc1cc(-c2ccc(COc3ccc4c(c3)[C@]3(CCC4)C[C@H]3C(=O)O)cc2[C@@H]2CCCC2(C)C)c(F)cn1. The largest absolute Gasteiger partial charge is 0.489 e. The number of ether oxygens (including phenoxy) is 2. The average molecular weight is 530 g/mol. The third kappa shape index (κ3) is 4.58. The molecular formula is C33H36FNO4. The van der Waals surface area contributed by atoms with Crippen molar-refractivity contribution in [2.45, 2.75) is 76.7 Å². The van der Waals surface area contributed by atoms with Gasteiger partial charge in [-0.05, 0) is 89.8 Å². The minimum absolute atomic E-state index is 0.111. The van der Waals surface area contributed by atoms with Crippen LogP contribution in [0.3, 0.4) is 0 Å². The lowest BCUT2D eigenvalue weighted by atomic mass is 9.75. The summed E-state index contributed by atoms with van der Waals surface area (Å²) in [7, 11) is 1.54. The zero-order valence-electron chi connectivity index (χ0n) is 22.9. The second kappa shape index (κ2) is 9.65. The van der Waals surface area contributed by atoms with Crippen molar-refractivity contribution in [3.05, 3.63) is 76.7 Å². The van der Waals surface area contributed by atoms with Crippen LogP contribution in [0.2, 0.25) is 0 Å². The van der Waals surface area contributed by atoms with Crippen LogP contribution in [0, 0.1) is 17.2 Å². The minimum Gasteiger partial charge on any atom is -0.489 e. The van der Waals surface area contributed by atoms with Gasteiger partial charge in [-0.15, -0.1) is 0 Å². The monoisotopic (exact) mass is 529 g/mol. The molecule has 6 rings (SSSR count). The lowest BCUT2D eigenvalue weighted by Crippen LogP contribution is -2.21. The molecule has 3 atom stereocenters. The average Bonchev–Trinajstić information content (AvgIpc) is 3.54. The number of nitrogens with zero attached hydrogens (tertiary/aromatic N) is 1. The number of carboxylic acid groups (broad SMARTS) is 1. The molecule has 0 bridgehead atoms. The number of aryl methyl sites for hydroxylation is 1. The first-order valence-electron chi connectivity index (χ1n) is 14.0. The van der Waals surface area contributed by atoms with Crippen molar-refractivity contribution < 1.29 is 23.8 Å². The third-order valence-electron chi connectivity index (χ3n) is 9.54. The van der Waals surface area contributed by atoms with Crippen LogP contribution < -0.4 is 9.47 Å². The zero-order valence-corrected chi connectivity index (χ0v) is 22.9. The maximum atomic E-state index is 15.0. The van der Waals surface area contributed by atoms with Gasteiger partial charge in [0.15, 0.2) is 0 Å². The highest BCUT2D eigenvalue weighted by atomic mass is 19.1. The Bertz CT molecular complexity index is 1430. The normalized spacial score (nSPS) is 24.8. The molecule has 3 aliphatic rings. The quantitative estimate of drug-likeness (QED) is 0.344. The predicted octanol–water partition coefficient (Wildman–Crippen LogP) is 7.45. The third-order valence-corrected chi connectivity index (χ3v) is 9.54. The van der Waals surface area contributed by atoms with Crippen molar-refractivity contribution >= 4 is 5.97 Å². The molecule has 0 radical (unpaired) electrons. The van der Waals surface area contributed by atoms with E-state index in [4.69, 9.17) is 9.47 Å². The number of carbonyl (C=O) groups is 1. The highest BCUT2D eigenvalue weighted by Gasteiger charge is 2.60. The maximum Gasteiger partial charge on any atom is 0.307 e. The molecule has 3 aromatic rings. The van der Waals surface area contributed by atoms with Crippen LogP contribution in [-0.2, 0) is 23.2 Å². The molecule has 204 valence electrons. The summed E-state index contributed by atoms with van der Waals surface area (Å²) in [5.74, 6) is 0.116. The van der Waals surface area contributed by atoms with Gasteiger partial charge in [-0.2, -0.15) is 0 Å². The van der Waals surface area contributed by atoms with Gasteiger partial charge in [0.1, 0.15) is 18.2 Å². The van der Waals surface area contributed by atoms with Crippen LogP contribution in [0.1, 0.15) is 80.5 Å². The number of pyridine rings is 1. The second-order valence-corrected chi connectivity index (χ2v) is 12.3. The maximum absolute atomic E-state index is 15.0. The molecule has 6 heteroatoms. The molecule has 1 aromatic heterocycles.